The first-order valence-electron chi connectivity index (χ1n) is 9.24. The minimum atomic E-state index is -0.574. The third-order valence-corrected chi connectivity index (χ3v) is 4.52. The van der Waals surface area contributed by atoms with E-state index in [0.717, 1.165) is 21.9 Å². The molecular formula is C21H19N5O5. The highest BCUT2D eigenvalue weighted by Crippen LogP contribution is 2.16. The molecule has 0 saturated heterocycles. The van der Waals surface area contributed by atoms with Crippen molar-refractivity contribution in [3.8, 4) is 0 Å². The van der Waals surface area contributed by atoms with Gasteiger partial charge in [0.05, 0.1) is 4.92 Å². The van der Waals surface area contributed by atoms with E-state index in [2.05, 4.69) is 15.7 Å². The van der Waals surface area contributed by atoms with Crippen LogP contribution in [-0.4, -0.2) is 26.5 Å². The van der Waals surface area contributed by atoms with Crippen LogP contribution in [0.25, 0.3) is 0 Å². The molecule has 1 aromatic heterocycles. The predicted octanol–water partition coefficient (Wildman–Crippen LogP) is 2.66. The van der Waals surface area contributed by atoms with Crippen LogP contribution in [0.1, 0.15) is 21.6 Å². The second-order valence-electron chi connectivity index (χ2n) is 6.82. The minimum absolute atomic E-state index is 0.0269. The first kappa shape index (κ1) is 21.4. The molecule has 3 rings (SSSR count). The molecule has 2 amide bonds. The molecule has 0 bridgehead atoms. The molecule has 10 nitrogen and oxygen atoms in total. The molecule has 2 aromatic carbocycles. The third kappa shape index (κ3) is 5.38. The molecule has 0 saturated carbocycles. The number of non-ortho nitro benzene ring substituents is 1. The summed E-state index contributed by atoms with van der Waals surface area (Å²) < 4.78 is 0.871. The topological polar surface area (TPSA) is 136 Å². The Morgan fingerprint density at radius 1 is 0.968 bits per heavy atom. The van der Waals surface area contributed by atoms with Crippen molar-refractivity contribution in [1.29, 1.82) is 0 Å². The average molecular weight is 421 g/mol. The smallest absolute Gasteiger partial charge is 0.276 e. The van der Waals surface area contributed by atoms with Gasteiger partial charge in [0, 0.05) is 29.6 Å². The molecule has 0 fully saturated rings. The normalized spacial score (nSPS) is 10.4. The van der Waals surface area contributed by atoms with Crippen LogP contribution in [-0.2, 0) is 11.3 Å². The van der Waals surface area contributed by atoms with Crippen molar-refractivity contribution >= 4 is 28.9 Å². The zero-order valence-corrected chi connectivity index (χ0v) is 16.8. The van der Waals surface area contributed by atoms with Gasteiger partial charge in [-0.15, -0.1) is 0 Å². The monoisotopic (exact) mass is 421 g/mol. The lowest BCUT2D eigenvalue weighted by Gasteiger charge is -2.09. The zero-order valence-electron chi connectivity index (χ0n) is 16.8. The number of hydrogen-bond acceptors (Lipinski definition) is 6. The van der Waals surface area contributed by atoms with Crippen LogP contribution >= 0.6 is 0 Å². The van der Waals surface area contributed by atoms with Crippen molar-refractivity contribution < 1.29 is 14.5 Å². The number of benzene rings is 2. The number of nitrogens with one attached hydrogen (secondary N) is 2. The lowest BCUT2D eigenvalue weighted by atomic mass is 10.1. The Balaban J connectivity index is 1.70. The summed E-state index contributed by atoms with van der Waals surface area (Å²) in [6.45, 7) is 3.45. The molecule has 0 aliphatic heterocycles. The summed E-state index contributed by atoms with van der Waals surface area (Å²) >= 11 is 0. The van der Waals surface area contributed by atoms with Gasteiger partial charge in [-0.25, -0.2) is 4.68 Å². The number of carbonyl (C=O) groups excluding carboxylic acids is 2. The number of rotatable bonds is 6. The van der Waals surface area contributed by atoms with E-state index in [1.54, 1.807) is 6.07 Å². The van der Waals surface area contributed by atoms with Gasteiger partial charge in [-0.05, 0) is 55.3 Å². The van der Waals surface area contributed by atoms with E-state index in [-0.39, 0.29) is 11.4 Å². The fourth-order valence-corrected chi connectivity index (χ4v) is 2.70. The Hall–Kier alpha value is -4.34. The van der Waals surface area contributed by atoms with Crippen LogP contribution in [0.5, 0.6) is 0 Å². The molecule has 158 valence electrons. The van der Waals surface area contributed by atoms with E-state index in [0.29, 0.717) is 11.4 Å². The Morgan fingerprint density at radius 2 is 1.65 bits per heavy atom. The summed E-state index contributed by atoms with van der Waals surface area (Å²) in [7, 11) is 0. The number of carbonyl (C=O) groups is 2. The summed E-state index contributed by atoms with van der Waals surface area (Å²) in [5, 5.41) is 19.9. The molecule has 3 aromatic rings. The van der Waals surface area contributed by atoms with Gasteiger partial charge in [-0.2, -0.15) is 5.10 Å². The Kier molecular flexibility index (Phi) is 6.20. The molecule has 0 spiro atoms. The molecule has 0 atom stereocenters. The Bertz CT molecular complexity index is 1220. The minimum Gasteiger partial charge on any atom is -0.324 e. The fourth-order valence-electron chi connectivity index (χ4n) is 2.70. The summed E-state index contributed by atoms with van der Waals surface area (Å²) in [5.41, 5.74) is 2.32. The van der Waals surface area contributed by atoms with Crippen molar-refractivity contribution in [2.45, 2.75) is 20.4 Å². The second-order valence-corrected chi connectivity index (χ2v) is 6.82. The molecule has 31 heavy (non-hydrogen) atoms. The molecule has 10 heteroatoms. The number of anilines is 2. The summed E-state index contributed by atoms with van der Waals surface area (Å²) in [6, 6.07) is 13.1. The summed E-state index contributed by atoms with van der Waals surface area (Å²) in [4.78, 5) is 46.9. The summed E-state index contributed by atoms with van der Waals surface area (Å²) in [5.74, 6) is -1.09. The fraction of sp³-hybridized carbons (Fsp3) is 0.143. The maximum atomic E-state index is 12.5. The summed E-state index contributed by atoms with van der Waals surface area (Å²) in [6.07, 6.45) is 0. The maximum absolute atomic E-state index is 12.5. The van der Waals surface area contributed by atoms with Crippen molar-refractivity contribution in [3.63, 3.8) is 0 Å². The molecule has 0 aliphatic carbocycles. The van der Waals surface area contributed by atoms with Crippen molar-refractivity contribution in [3.05, 3.63) is 91.9 Å². The van der Waals surface area contributed by atoms with Gasteiger partial charge in [-0.1, -0.05) is 6.07 Å². The van der Waals surface area contributed by atoms with Gasteiger partial charge in [0.2, 0.25) is 5.91 Å². The number of hydrogen-bond donors (Lipinski definition) is 2. The van der Waals surface area contributed by atoms with Crippen LogP contribution in [0, 0.1) is 24.0 Å². The molecule has 1 heterocycles. The first-order valence-corrected chi connectivity index (χ1v) is 9.24. The number of amides is 2. The quantitative estimate of drug-likeness (QED) is 0.464. The predicted molar refractivity (Wildman–Crippen MR) is 114 cm³/mol. The SMILES string of the molecule is Cc1ccc(NC(=O)c2ccc(=O)n(CC(=O)Nc3ccc([N+](=O)[O-])cc3)n2)cc1C. The molecule has 2 N–H and O–H groups in total. The lowest BCUT2D eigenvalue weighted by molar-refractivity contribution is -0.384. The largest absolute Gasteiger partial charge is 0.324 e. The number of nitro benzene ring substituents is 1. The first-order chi connectivity index (χ1) is 14.7. The van der Waals surface area contributed by atoms with Gasteiger partial charge in [0.25, 0.3) is 17.2 Å². The second kappa shape index (κ2) is 8.99. The van der Waals surface area contributed by atoms with Crippen molar-refractivity contribution in [1.82, 2.24) is 9.78 Å². The van der Waals surface area contributed by atoms with E-state index in [9.17, 15) is 24.5 Å². The highest BCUT2D eigenvalue weighted by atomic mass is 16.6. The van der Waals surface area contributed by atoms with Crippen molar-refractivity contribution in [2.24, 2.45) is 0 Å². The number of aromatic nitrogens is 2. The molecular weight excluding hydrogens is 402 g/mol. The number of aryl methyl sites for hydroxylation is 2. The van der Waals surface area contributed by atoms with Crippen LogP contribution in [0.4, 0.5) is 17.1 Å². The van der Waals surface area contributed by atoms with Gasteiger partial charge in [-0.3, -0.25) is 24.5 Å². The molecule has 0 aliphatic rings. The van der Waals surface area contributed by atoms with Crippen LogP contribution in [0.3, 0.4) is 0 Å². The van der Waals surface area contributed by atoms with Gasteiger partial charge < -0.3 is 10.6 Å². The highest BCUT2D eigenvalue weighted by Gasteiger charge is 2.13. The average Bonchev–Trinajstić information content (AvgIpc) is 2.72. The highest BCUT2D eigenvalue weighted by molar-refractivity contribution is 6.02. The van der Waals surface area contributed by atoms with Gasteiger partial charge in [0.1, 0.15) is 12.2 Å². The van der Waals surface area contributed by atoms with E-state index >= 15 is 0 Å². The van der Waals surface area contributed by atoms with E-state index in [1.807, 2.05) is 26.0 Å². The Labute approximate surface area is 176 Å². The van der Waals surface area contributed by atoms with E-state index in [4.69, 9.17) is 0 Å². The van der Waals surface area contributed by atoms with Gasteiger partial charge in [0.15, 0.2) is 0 Å². The standard InChI is InChI=1S/C21H19N5O5/c1-13-3-4-16(11-14(13)2)23-21(29)18-9-10-20(28)25(24-18)12-19(27)22-15-5-7-17(8-6-15)26(30)31/h3-11H,12H2,1-2H3,(H,22,27)(H,23,29). The van der Waals surface area contributed by atoms with Crippen LogP contribution in [0.2, 0.25) is 0 Å². The number of nitro groups is 1. The lowest BCUT2D eigenvalue weighted by Crippen LogP contribution is -2.31. The maximum Gasteiger partial charge on any atom is 0.276 e. The van der Waals surface area contributed by atoms with Crippen LogP contribution in [0.15, 0.2) is 59.4 Å². The van der Waals surface area contributed by atoms with E-state index in [1.165, 1.54) is 30.3 Å². The zero-order chi connectivity index (χ0) is 22.5. The molecule has 0 unspecified atom stereocenters. The van der Waals surface area contributed by atoms with Crippen molar-refractivity contribution in [2.75, 3.05) is 10.6 Å². The van der Waals surface area contributed by atoms with Gasteiger partial charge >= 0.3 is 0 Å². The van der Waals surface area contributed by atoms with Crippen LogP contribution < -0.4 is 16.2 Å². The number of nitrogens with zero attached hydrogens (tertiary/aromatic N) is 3. The third-order valence-electron chi connectivity index (χ3n) is 4.52. The Morgan fingerprint density at radius 3 is 2.29 bits per heavy atom. The molecule has 0 radical (unpaired) electrons. The van der Waals surface area contributed by atoms with E-state index < -0.39 is 28.8 Å².